The molecule has 2 aromatic carbocycles. The molecule has 1 aliphatic heterocycles. The maximum absolute atomic E-state index is 14.7. The van der Waals surface area contributed by atoms with Crippen LogP contribution in [0.25, 0.3) is 0 Å². The molecule has 2 aromatic rings. The van der Waals surface area contributed by atoms with E-state index in [4.69, 9.17) is 9.47 Å². The van der Waals surface area contributed by atoms with Crippen molar-refractivity contribution < 1.29 is 28.2 Å². The first-order valence-corrected chi connectivity index (χ1v) is 11.1. The van der Waals surface area contributed by atoms with E-state index >= 15 is 0 Å². The number of carboxylic acids is 1. The average molecular weight is 443 g/mol. The summed E-state index contributed by atoms with van der Waals surface area (Å²) in [6.07, 6.45) is 4.25. The topological polar surface area (TPSA) is 59.0 Å². The van der Waals surface area contributed by atoms with Gasteiger partial charge in [0.15, 0.2) is 11.6 Å². The SMILES string of the molecule is COC1CC(Oc2cc(F)c(F)c(N3CCc4cc(C5(CC(=O)O)CC5)ccc4C3)c2)C1. The van der Waals surface area contributed by atoms with Crippen LogP contribution in [0.3, 0.4) is 0 Å². The van der Waals surface area contributed by atoms with E-state index in [1.807, 2.05) is 17.0 Å². The Labute approximate surface area is 185 Å². The fourth-order valence-electron chi connectivity index (χ4n) is 4.94. The quantitative estimate of drug-likeness (QED) is 0.678. The second-order valence-corrected chi connectivity index (χ2v) is 9.31. The molecule has 0 atom stereocenters. The Morgan fingerprint density at radius 1 is 1.16 bits per heavy atom. The highest BCUT2D eigenvalue weighted by Gasteiger charge is 2.46. The zero-order chi connectivity index (χ0) is 22.5. The van der Waals surface area contributed by atoms with Crippen LogP contribution < -0.4 is 9.64 Å². The van der Waals surface area contributed by atoms with Crippen LogP contribution in [0, 0.1) is 11.6 Å². The minimum absolute atomic E-state index is 0.0429. The Kier molecular flexibility index (Phi) is 5.32. The van der Waals surface area contributed by atoms with E-state index in [0.717, 1.165) is 48.4 Å². The van der Waals surface area contributed by atoms with E-state index < -0.39 is 17.6 Å². The van der Waals surface area contributed by atoms with E-state index in [2.05, 4.69) is 6.07 Å². The Morgan fingerprint density at radius 3 is 2.62 bits per heavy atom. The largest absolute Gasteiger partial charge is 0.490 e. The van der Waals surface area contributed by atoms with Gasteiger partial charge in [-0.25, -0.2) is 8.78 Å². The Morgan fingerprint density at radius 2 is 1.94 bits per heavy atom. The number of benzene rings is 2. The summed E-state index contributed by atoms with van der Waals surface area (Å²) in [7, 11) is 1.66. The van der Waals surface area contributed by atoms with Crippen molar-refractivity contribution in [2.45, 2.75) is 62.7 Å². The predicted octanol–water partition coefficient (Wildman–Crippen LogP) is 4.59. The van der Waals surface area contributed by atoms with Crippen molar-refractivity contribution >= 4 is 11.7 Å². The van der Waals surface area contributed by atoms with Crippen LogP contribution in [0.4, 0.5) is 14.5 Å². The average Bonchev–Trinajstić information content (AvgIpc) is 3.51. The van der Waals surface area contributed by atoms with Crippen LogP contribution in [-0.2, 0) is 27.9 Å². The second-order valence-electron chi connectivity index (χ2n) is 9.31. The Balaban J connectivity index is 1.34. The number of carbonyl (C=O) groups is 1. The highest BCUT2D eigenvalue weighted by atomic mass is 19.2. The molecule has 2 aliphatic carbocycles. The maximum Gasteiger partial charge on any atom is 0.304 e. The second kappa shape index (κ2) is 8.03. The minimum Gasteiger partial charge on any atom is -0.490 e. The lowest BCUT2D eigenvalue weighted by Crippen LogP contribution is -2.39. The molecule has 170 valence electrons. The van der Waals surface area contributed by atoms with Crippen molar-refractivity contribution in [2.24, 2.45) is 0 Å². The van der Waals surface area contributed by atoms with E-state index in [-0.39, 0.29) is 29.7 Å². The third-order valence-electron chi connectivity index (χ3n) is 7.18. The van der Waals surface area contributed by atoms with Crippen molar-refractivity contribution in [3.63, 3.8) is 0 Å². The van der Waals surface area contributed by atoms with Gasteiger partial charge >= 0.3 is 5.97 Å². The van der Waals surface area contributed by atoms with Gasteiger partial charge in [0.25, 0.3) is 0 Å². The number of hydrogen-bond donors (Lipinski definition) is 1. The number of halogens is 2. The van der Waals surface area contributed by atoms with Gasteiger partial charge in [0.1, 0.15) is 11.9 Å². The van der Waals surface area contributed by atoms with E-state index in [1.165, 1.54) is 0 Å². The molecule has 5 rings (SSSR count). The van der Waals surface area contributed by atoms with Crippen molar-refractivity contribution in [1.82, 2.24) is 0 Å². The molecule has 1 heterocycles. The van der Waals surface area contributed by atoms with Crippen molar-refractivity contribution in [3.05, 3.63) is 58.7 Å². The summed E-state index contributed by atoms with van der Waals surface area (Å²) in [5.74, 6) is -2.21. The molecule has 32 heavy (non-hydrogen) atoms. The molecule has 5 nitrogen and oxygen atoms in total. The van der Waals surface area contributed by atoms with Crippen LogP contribution in [0.5, 0.6) is 5.75 Å². The molecule has 0 aromatic heterocycles. The Bertz CT molecular complexity index is 1050. The fraction of sp³-hybridized carbons (Fsp3) is 0.480. The molecule has 2 saturated carbocycles. The van der Waals surface area contributed by atoms with E-state index in [0.29, 0.717) is 25.3 Å². The highest BCUT2D eigenvalue weighted by molar-refractivity contribution is 5.70. The van der Waals surface area contributed by atoms with E-state index in [1.54, 1.807) is 13.2 Å². The summed E-state index contributed by atoms with van der Waals surface area (Å²) in [6, 6.07) is 8.82. The molecule has 3 aliphatic rings. The van der Waals surface area contributed by atoms with Crippen molar-refractivity contribution in [2.75, 3.05) is 18.6 Å². The molecule has 0 bridgehead atoms. The number of carboxylic acid groups (broad SMARTS) is 1. The molecule has 1 N–H and O–H groups in total. The summed E-state index contributed by atoms with van der Waals surface area (Å²) >= 11 is 0. The summed E-state index contributed by atoms with van der Waals surface area (Å²) < 4.78 is 40.1. The van der Waals surface area contributed by atoms with Gasteiger partial charge in [-0.2, -0.15) is 0 Å². The molecule has 0 radical (unpaired) electrons. The van der Waals surface area contributed by atoms with Crippen LogP contribution >= 0.6 is 0 Å². The number of hydrogen-bond acceptors (Lipinski definition) is 4. The standard InChI is InChI=1S/C25H27F2NO4/c1-31-18-9-19(10-18)32-20-11-21(26)24(27)22(12-20)28-7-4-15-8-17(3-2-16(15)14-28)25(5-6-25)13-23(29)30/h2-3,8,11-12,18-19H,4-7,9-10,13-14H2,1H3,(H,29,30). The maximum atomic E-state index is 14.7. The molecule has 7 heteroatoms. The third-order valence-corrected chi connectivity index (χ3v) is 7.18. The smallest absolute Gasteiger partial charge is 0.304 e. The van der Waals surface area contributed by atoms with Gasteiger partial charge in [-0.05, 0) is 36.0 Å². The molecular formula is C25H27F2NO4. The van der Waals surface area contributed by atoms with Crippen LogP contribution in [0.1, 0.15) is 48.8 Å². The molecule has 0 unspecified atom stereocenters. The third kappa shape index (κ3) is 3.94. The minimum atomic E-state index is -0.911. The van der Waals surface area contributed by atoms with Crippen molar-refractivity contribution in [3.8, 4) is 5.75 Å². The molecule has 0 amide bonds. The fourth-order valence-corrected chi connectivity index (χ4v) is 4.94. The van der Waals surface area contributed by atoms with Crippen molar-refractivity contribution in [1.29, 1.82) is 0 Å². The first-order valence-electron chi connectivity index (χ1n) is 11.1. The summed E-state index contributed by atoms with van der Waals surface area (Å²) in [5.41, 5.74) is 3.27. The number of fused-ring (bicyclic) bond motifs is 1. The number of nitrogens with zero attached hydrogens (tertiary/aromatic N) is 1. The number of methoxy groups -OCH3 is 1. The molecular weight excluding hydrogens is 416 g/mol. The Hall–Kier alpha value is -2.67. The number of rotatable bonds is 7. The van der Waals surface area contributed by atoms with E-state index in [9.17, 15) is 18.7 Å². The summed E-state index contributed by atoms with van der Waals surface area (Å²) in [5, 5.41) is 9.23. The molecule has 0 saturated heterocycles. The van der Waals surface area contributed by atoms with Gasteiger partial charge in [-0.3, -0.25) is 4.79 Å². The zero-order valence-corrected chi connectivity index (χ0v) is 18.1. The van der Waals surface area contributed by atoms with Gasteiger partial charge in [0.2, 0.25) is 0 Å². The lowest BCUT2D eigenvalue weighted by molar-refractivity contribution is -0.137. The van der Waals surface area contributed by atoms with Crippen LogP contribution in [0.15, 0.2) is 30.3 Å². The normalized spacial score (nSPS) is 23.3. The summed E-state index contributed by atoms with van der Waals surface area (Å²) in [6.45, 7) is 1.02. The van der Waals surface area contributed by atoms with Gasteiger partial charge in [-0.15, -0.1) is 0 Å². The lowest BCUT2D eigenvalue weighted by atomic mass is 9.88. The van der Waals surface area contributed by atoms with Crippen LogP contribution in [-0.4, -0.2) is 36.9 Å². The summed E-state index contributed by atoms with van der Waals surface area (Å²) in [4.78, 5) is 13.1. The number of anilines is 1. The lowest BCUT2D eigenvalue weighted by Gasteiger charge is -2.35. The zero-order valence-electron chi connectivity index (χ0n) is 18.1. The number of aliphatic carboxylic acids is 1. The first kappa shape index (κ1) is 21.2. The van der Waals surface area contributed by atoms with Gasteiger partial charge < -0.3 is 19.5 Å². The van der Waals surface area contributed by atoms with Gasteiger partial charge in [-0.1, -0.05) is 18.2 Å². The predicted molar refractivity (Wildman–Crippen MR) is 115 cm³/mol. The molecule has 0 spiro atoms. The van der Waals surface area contributed by atoms with Gasteiger partial charge in [0, 0.05) is 50.6 Å². The van der Waals surface area contributed by atoms with Crippen LogP contribution in [0.2, 0.25) is 0 Å². The first-order chi connectivity index (χ1) is 15.4. The monoisotopic (exact) mass is 443 g/mol. The number of ether oxygens (including phenoxy) is 2. The van der Waals surface area contributed by atoms with Gasteiger partial charge in [0.05, 0.1) is 18.2 Å². The molecule has 2 fully saturated rings. The highest BCUT2D eigenvalue weighted by Crippen LogP contribution is 2.51.